The van der Waals surface area contributed by atoms with Crippen LogP contribution in [-0.4, -0.2) is 49.1 Å². The molecule has 2 N–H and O–H groups in total. The second kappa shape index (κ2) is 6.03. The molecule has 0 spiro atoms. The second-order valence-electron chi connectivity index (χ2n) is 5.10. The van der Waals surface area contributed by atoms with Crippen LogP contribution in [0.15, 0.2) is 12.1 Å². The van der Waals surface area contributed by atoms with E-state index in [1.807, 2.05) is 6.07 Å². The lowest BCUT2D eigenvalue weighted by atomic mass is 10.1. The third-order valence-corrected chi connectivity index (χ3v) is 4.93. The average Bonchev–Trinajstić information content (AvgIpc) is 2.94. The van der Waals surface area contributed by atoms with Crippen molar-refractivity contribution >= 4 is 17.7 Å². The number of methoxy groups -OCH3 is 1. The van der Waals surface area contributed by atoms with E-state index in [2.05, 4.69) is 0 Å². The zero-order valence-corrected chi connectivity index (χ0v) is 12.6. The highest BCUT2D eigenvalue weighted by Crippen LogP contribution is 2.37. The quantitative estimate of drug-likeness (QED) is 0.753. The summed E-state index contributed by atoms with van der Waals surface area (Å²) in [5, 5.41) is 9.95. The van der Waals surface area contributed by atoms with Gasteiger partial charge in [-0.1, -0.05) is 0 Å². The SMILES string of the molecule is COC(=O)[C@@H]1C[NH+](Cc2cc3c(cc2O)OCO3)CCS1. The number of phenolic OH excluding ortho intramolecular Hbond substituents is 1. The molecule has 114 valence electrons. The van der Waals surface area contributed by atoms with Gasteiger partial charge < -0.3 is 24.2 Å². The second-order valence-corrected chi connectivity index (χ2v) is 6.41. The minimum absolute atomic E-state index is 0.130. The lowest BCUT2D eigenvalue weighted by molar-refractivity contribution is -0.911. The van der Waals surface area contributed by atoms with E-state index in [0.717, 1.165) is 17.9 Å². The van der Waals surface area contributed by atoms with Crippen LogP contribution in [-0.2, 0) is 16.1 Å². The van der Waals surface area contributed by atoms with Crippen molar-refractivity contribution in [3.63, 3.8) is 0 Å². The summed E-state index contributed by atoms with van der Waals surface area (Å²) in [6, 6.07) is 3.41. The lowest BCUT2D eigenvalue weighted by Crippen LogP contribution is -3.13. The number of carbonyl (C=O) groups is 1. The van der Waals surface area contributed by atoms with Crippen molar-refractivity contribution in [2.24, 2.45) is 0 Å². The number of nitrogens with one attached hydrogen (secondary N) is 1. The lowest BCUT2D eigenvalue weighted by Gasteiger charge is -2.28. The van der Waals surface area contributed by atoms with Gasteiger partial charge in [-0.05, 0) is 6.07 Å². The van der Waals surface area contributed by atoms with Crippen LogP contribution in [0.5, 0.6) is 17.2 Å². The first-order valence-electron chi connectivity index (χ1n) is 6.82. The van der Waals surface area contributed by atoms with E-state index >= 15 is 0 Å². The Morgan fingerprint density at radius 1 is 1.48 bits per heavy atom. The van der Waals surface area contributed by atoms with Crippen LogP contribution >= 0.6 is 11.8 Å². The van der Waals surface area contributed by atoms with Crippen LogP contribution < -0.4 is 14.4 Å². The van der Waals surface area contributed by atoms with Gasteiger partial charge in [0.25, 0.3) is 0 Å². The highest BCUT2D eigenvalue weighted by Gasteiger charge is 2.31. The molecule has 3 rings (SSSR count). The van der Waals surface area contributed by atoms with Crippen molar-refractivity contribution < 1.29 is 29.0 Å². The zero-order chi connectivity index (χ0) is 14.8. The topological polar surface area (TPSA) is 69.4 Å². The van der Waals surface area contributed by atoms with Gasteiger partial charge in [0.1, 0.15) is 18.8 Å². The molecule has 1 aromatic rings. The van der Waals surface area contributed by atoms with Crippen LogP contribution in [0, 0.1) is 0 Å². The number of carbonyl (C=O) groups excluding carboxylic acids is 1. The van der Waals surface area contributed by atoms with Crippen molar-refractivity contribution in [3.05, 3.63) is 17.7 Å². The minimum atomic E-state index is -0.174. The molecule has 21 heavy (non-hydrogen) atoms. The summed E-state index contributed by atoms with van der Waals surface area (Å²) in [5.41, 5.74) is 0.810. The van der Waals surface area contributed by atoms with Crippen molar-refractivity contribution in [1.82, 2.24) is 0 Å². The Kier molecular flexibility index (Phi) is 4.12. The van der Waals surface area contributed by atoms with Crippen molar-refractivity contribution in [2.45, 2.75) is 11.8 Å². The molecule has 0 aromatic heterocycles. The Bertz CT molecular complexity index is 550. The fraction of sp³-hybridized carbons (Fsp3) is 0.500. The molecule has 2 atom stereocenters. The fourth-order valence-corrected chi connectivity index (χ4v) is 3.87. The van der Waals surface area contributed by atoms with Gasteiger partial charge in [0.15, 0.2) is 16.7 Å². The number of benzene rings is 1. The van der Waals surface area contributed by atoms with Crippen molar-refractivity contribution in [2.75, 3.05) is 32.7 Å². The van der Waals surface area contributed by atoms with Gasteiger partial charge in [0.2, 0.25) is 6.79 Å². The summed E-state index contributed by atoms with van der Waals surface area (Å²) >= 11 is 1.63. The Balaban J connectivity index is 1.70. The molecule has 1 unspecified atom stereocenters. The Morgan fingerprint density at radius 2 is 2.24 bits per heavy atom. The van der Waals surface area contributed by atoms with Crippen molar-refractivity contribution in [3.8, 4) is 17.2 Å². The standard InChI is InChI=1S/C14H17NO5S/c1-18-14(17)13-7-15(2-3-21-13)6-9-4-11-12(5-10(9)16)20-8-19-11/h4-5,13,16H,2-3,6-8H2,1H3/p+1/t13-/m0/s1. The molecular formula is C14H18NO5S+. The fourth-order valence-electron chi connectivity index (χ4n) is 2.60. The van der Waals surface area contributed by atoms with E-state index in [9.17, 15) is 9.90 Å². The van der Waals surface area contributed by atoms with Gasteiger partial charge in [-0.3, -0.25) is 4.79 Å². The maximum atomic E-state index is 11.6. The molecule has 0 radical (unpaired) electrons. The van der Waals surface area contributed by atoms with E-state index in [-0.39, 0.29) is 23.8 Å². The number of hydrogen-bond acceptors (Lipinski definition) is 6. The number of esters is 1. The highest BCUT2D eigenvalue weighted by molar-refractivity contribution is 8.00. The maximum Gasteiger partial charge on any atom is 0.324 e. The van der Waals surface area contributed by atoms with E-state index in [0.29, 0.717) is 24.6 Å². The van der Waals surface area contributed by atoms with Crippen LogP contribution in [0.2, 0.25) is 0 Å². The van der Waals surface area contributed by atoms with E-state index in [4.69, 9.17) is 14.2 Å². The molecule has 2 aliphatic heterocycles. The number of fused-ring (bicyclic) bond motifs is 1. The molecule has 1 saturated heterocycles. The number of hydrogen-bond donors (Lipinski definition) is 2. The van der Waals surface area contributed by atoms with Gasteiger partial charge in [-0.15, -0.1) is 11.8 Å². The van der Waals surface area contributed by atoms with Gasteiger partial charge in [-0.25, -0.2) is 0 Å². The summed E-state index contributed by atoms with van der Waals surface area (Å²) in [6.45, 7) is 2.49. The van der Waals surface area contributed by atoms with Gasteiger partial charge in [-0.2, -0.15) is 0 Å². The number of ether oxygens (including phenoxy) is 3. The Hall–Kier alpha value is -1.60. The third-order valence-electron chi connectivity index (χ3n) is 3.73. The average molecular weight is 312 g/mol. The molecule has 7 heteroatoms. The molecule has 0 bridgehead atoms. The van der Waals surface area contributed by atoms with Gasteiger partial charge in [0.05, 0.1) is 19.2 Å². The predicted molar refractivity (Wildman–Crippen MR) is 76.9 cm³/mol. The number of aromatic hydroxyl groups is 1. The number of phenols is 1. The molecule has 2 aliphatic rings. The Morgan fingerprint density at radius 3 is 3.00 bits per heavy atom. The van der Waals surface area contributed by atoms with E-state index in [1.54, 1.807) is 17.8 Å². The maximum absolute atomic E-state index is 11.6. The van der Waals surface area contributed by atoms with Gasteiger partial charge in [0, 0.05) is 11.8 Å². The van der Waals surface area contributed by atoms with E-state index in [1.165, 1.54) is 12.0 Å². The summed E-state index contributed by atoms with van der Waals surface area (Å²) in [4.78, 5) is 12.9. The highest BCUT2D eigenvalue weighted by atomic mass is 32.2. The van der Waals surface area contributed by atoms with Gasteiger partial charge >= 0.3 is 5.97 Å². The molecule has 1 fully saturated rings. The Labute approximate surface area is 127 Å². The van der Waals surface area contributed by atoms with Crippen LogP contribution in [0.4, 0.5) is 0 Å². The largest absolute Gasteiger partial charge is 0.507 e. The first-order valence-corrected chi connectivity index (χ1v) is 7.86. The molecule has 0 aliphatic carbocycles. The number of thioether (sulfide) groups is 1. The molecule has 2 heterocycles. The summed E-state index contributed by atoms with van der Waals surface area (Å²) in [5.74, 6) is 2.18. The van der Waals surface area contributed by atoms with E-state index < -0.39 is 0 Å². The molecule has 6 nitrogen and oxygen atoms in total. The predicted octanol–water partition coefficient (Wildman–Crippen LogP) is -0.206. The third kappa shape index (κ3) is 3.03. The normalized spacial score (nSPS) is 23.9. The monoisotopic (exact) mass is 312 g/mol. The smallest absolute Gasteiger partial charge is 0.324 e. The van der Waals surface area contributed by atoms with Crippen LogP contribution in [0.25, 0.3) is 0 Å². The summed E-state index contributed by atoms with van der Waals surface area (Å²) < 4.78 is 15.4. The molecule has 0 saturated carbocycles. The molecule has 0 amide bonds. The molecular weight excluding hydrogens is 294 g/mol. The van der Waals surface area contributed by atoms with Crippen LogP contribution in [0.3, 0.4) is 0 Å². The number of quaternary nitrogens is 1. The molecule has 1 aromatic carbocycles. The minimum Gasteiger partial charge on any atom is -0.507 e. The zero-order valence-electron chi connectivity index (χ0n) is 11.8. The van der Waals surface area contributed by atoms with Crippen molar-refractivity contribution in [1.29, 1.82) is 0 Å². The first kappa shape index (κ1) is 14.3. The summed E-state index contributed by atoms with van der Waals surface area (Å²) in [7, 11) is 1.42. The summed E-state index contributed by atoms with van der Waals surface area (Å²) in [6.07, 6.45) is 0. The number of rotatable bonds is 3. The van der Waals surface area contributed by atoms with Crippen LogP contribution in [0.1, 0.15) is 5.56 Å². The first-order chi connectivity index (χ1) is 10.2.